The zero-order valence-corrected chi connectivity index (χ0v) is 14.8. The number of carboxylic acid groups (broad SMARTS) is 1. The van der Waals surface area contributed by atoms with E-state index >= 15 is 0 Å². The summed E-state index contributed by atoms with van der Waals surface area (Å²) < 4.78 is 26.6. The van der Waals surface area contributed by atoms with Crippen molar-refractivity contribution in [3.8, 4) is 0 Å². The van der Waals surface area contributed by atoms with Gasteiger partial charge in [-0.3, -0.25) is 9.59 Å². The summed E-state index contributed by atoms with van der Waals surface area (Å²) in [5, 5.41) is 14.8. The van der Waals surface area contributed by atoms with Crippen molar-refractivity contribution >= 4 is 21.9 Å². The molecule has 0 radical (unpaired) electrons. The Balaban J connectivity index is 1.69. The van der Waals surface area contributed by atoms with Crippen LogP contribution in [-0.2, 0) is 10.0 Å². The summed E-state index contributed by atoms with van der Waals surface area (Å²) in [7, 11) is -3.78. The minimum absolute atomic E-state index is 0.00207. The van der Waals surface area contributed by atoms with Crippen LogP contribution in [0.3, 0.4) is 0 Å². The number of aromatic carboxylic acids is 1. The van der Waals surface area contributed by atoms with Crippen LogP contribution in [0, 0.1) is 0 Å². The molecule has 10 nitrogen and oxygen atoms in total. The van der Waals surface area contributed by atoms with Gasteiger partial charge in [0, 0.05) is 32.2 Å². The number of sulfonamides is 1. The number of hydrogen-bond donors (Lipinski definition) is 2. The van der Waals surface area contributed by atoms with E-state index < -0.39 is 27.5 Å². The summed E-state index contributed by atoms with van der Waals surface area (Å²) in [6.45, 7) is 0.536. The molecule has 2 N–H and O–H groups in total. The molecule has 2 aromatic rings. The molecule has 2 heterocycles. The molecule has 1 fully saturated rings. The highest BCUT2D eigenvalue weighted by Gasteiger charge is 2.30. The number of nitrogens with zero attached hydrogens (tertiary/aromatic N) is 3. The summed E-state index contributed by atoms with van der Waals surface area (Å²) in [6, 6.07) is 7.48. The monoisotopic (exact) mass is 392 g/mol. The average molecular weight is 392 g/mol. The van der Waals surface area contributed by atoms with E-state index in [0.717, 1.165) is 0 Å². The lowest BCUT2D eigenvalue weighted by atomic mass is 10.2. The predicted octanol–water partition coefficient (Wildman–Crippen LogP) is -0.385. The molecular weight excluding hydrogens is 376 g/mol. The molecule has 0 bridgehead atoms. The number of aromatic amines is 1. The van der Waals surface area contributed by atoms with Crippen LogP contribution in [0.2, 0.25) is 0 Å². The molecule has 1 saturated heterocycles. The summed E-state index contributed by atoms with van der Waals surface area (Å²) >= 11 is 0. The van der Waals surface area contributed by atoms with Crippen molar-refractivity contribution < 1.29 is 23.1 Å². The lowest BCUT2D eigenvalue weighted by molar-refractivity contribution is 0.0685. The largest absolute Gasteiger partial charge is 0.478 e. The number of amides is 1. The Hall–Kier alpha value is -3.05. The molecule has 142 valence electrons. The number of piperazine rings is 1. The van der Waals surface area contributed by atoms with Gasteiger partial charge in [-0.1, -0.05) is 0 Å². The van der Waals surface area contributed by atoms with Crippen LogP contribution in [0.25, 0.3) is 0 Å². The Bertz CT molecular complexity index is 1000. The molecule has 1 amide bonds. The number of carboxylic acids is 1. The fraction of sp³-hybridized carbons (Fsp3) is 0.250. The minimum Gasteiger partial charge on any atom is -0.478 e. The maximum Gasteiger partial charge on any atom is 0.335 e. The Kier molecular flexibility index (Phi) is 5.06. The quantitative estimate of drug-likeness (QED) is 0.722. The van der Waals surface area contributed by atoms with Gasteiger partial charge in [-0.2, -0.15) is 9.40 Å². The number of aromatic nitrogens is 2. The number of benzene rings is 1. The average Bonchev–Trinajstić information content (AvgIpc) is 2.68. The van der Waals surface area contributed by atoms with Crippen LogP contribution in [0.15, 0.2) is 46.1 Å². The summed E-state index contributed by atoms with van der Waals surface area (Å²) in [4.78, 5) is 35.7. The number of carbonyl (C=O) groups excluding carboxylic acids is 1. The SMILES string of the molecule is O=C(O)c1ccc(S(=O)(=O)N2CCN(C(=O)c3ccc(=O)[nH]n3)CC2)cc1. The Morgan fingerprint density at radius 3 is 2.15 bits per heavy atom. The van der Waals surface area contributed by atoms with Crippen LogP contribution in [-0.4, -0.2) is 71.0 Å². The molecule has 11 heteroatoms. The third kappa shape index (κ3) is 3.88. The fourth-order valence-corrected chi connectivity index (χ4v) is 4.10. The molecule has 1 aliphatic rings. The molecule has 0 aliphatic carbocycles. The molecule has 0 atom stereocenters. The lowest BCUT2D eigenvalue weighted by Crippen LogP contribution is -2.50. The molecule has 1 aromatic heterocycles. The summed E-state index contributed by atoms with van der Waals surface area (Å²) in [5.41, 5.74) is -0.343. The van der Waals surface area contributed by atoms with Crippen LogP contribution in [0.1, 0.15) is 20.8 Å². The highest BCUT2D eigenvalue weighted by Crippen LogP contribution is 2.19. The van der Waals surface area contributed by atoms with Gasteiger partial charge in [-0.15, -0.1) is 0 Å². The molecule has 27 heavy (non-hydrogen) atoms. The van der Waals surface area contributed by atoms with Crippen molar-refractivity contribution in [2.45, 2.75) is 4.90 Å². The van der Waals surface area contributed by atoms with Gasteiger partial charge < -0.3 is 10.0 Å². The molecule has 0 saturated carbocycles. The van der Waals surface area contributed by atoms with Gasteiger partial charge in [0.05, 0.1) is 10.5 Å². The first kappa shape index (κ1) is 18.7. The van der Waals surface area contributed by atoms with E-state index in [1.54, 1.807) is 0 Å². The van der Waals surface area contributed by atoms with Crippen molar-refractivity contribution in [2.75, 3.05) is 26.2 Å². The number of rotatable bonds is 4. The predicted molar refractivity (Wildman–Crippen MR) is 92.9 cm³/mol. The second kappa shape index (κ2) is 7.29. The maximum atomic E-state index is 12.7. The standard InChI is InChI=1S/C16H16N4O6S/c21-14-6-5-13(17-18-14)15(22)19-7-9-20(10-8-19)27(25,26)12-3-1-11(2-4-12)16(23)24/h1-6H,7-10H2,(H,18,21)(H,23,24). The van der Waals surface area contributed by atoms with Crippen LogP contribution in [0.5, 0.6) is 0 Å². The van der Waals surface area contributed by atoms with E-state index in [9.17, 15) is 22.8 Å². The van der Waals surface area contributed by atoms with E-state index in [1.807, 2.05) is 0 Å². The normalized spacial score (nSPS) is 15.5. The van der Waals surface area contributed by atoms with Gasteiger partial charge in [0.2, 0.25) is 10.0 Å². The molecule has 3 rings (SSSR count). The second-order valence-electron chi connectivity index (χ2n) is 5.83. The zero-order valence-electron chi connectivity index (χ0n) is 14.0. The van der Waals surface area contributed by atoms with E-state index in [0.29, 0.717) is 0 Å². The Morgan fingerprint density at radius 1 is 1.00 bits per heavy atom. The van der Waals surface area contributed by atoms with E-state index in [-0.39, 0.29) is 42.3 Å². The number of nitrogens with one attached hydrogen (secondary N) is 1. The molecule has 1 aromatic carbocycles. The minimum atomic E-state index is -3.78. The molecule has 1 aliphatic heterocycles. The lowest BCUT2D eigenvalue weighted by Gasteiger charge is -2.33. The van der Waals surface area contributed by atoms with Gasteiger partial charge in [-0.05, 0) is 30.3 Å². The third-order valence-electron chi connectivity index (χ3n) is 4.16. The third-order valence-corrected chi connectivity index (χ3v) is 6.08. The van der Waals surface area contributed by atoms with Crippen LogP contribution in [0.4, 0.5) is 0 Å². The topological polar surface area (TPSA) is 141 Å². The smallest absolute Gasteiger partial charge is 0.335 e. The summed E-state index contributed by atoms with van der Waals surface area (Å²) in [5.74, 6) is -1.53. The van der Waals surface area contributed by atoms with Crippen LogP contribution >= 0.6 is 0 Å². The van der Waals surface area contributed by atoms with Crippen LogP contribution < -0.4 is 5.56 Å². The molecule has 0 spiro atoms. The number of carbonyl (C=O) groups is 2. The first-order chi connectivity index (χ1) is 12.8. The summed E-state index contributed by atoms with van der Waals surface area (Å²) in [6.07, 6.45) is 0. The van der Waals surface area contributed by atoms with E-state index in [2.05, 4.69) is 10.2 Å². The Morgan fingerprint density at radius 2 is 1.63 bits per heavy atom. The number of H-pyrrole nitrogens is 1. The Labute approximate surface area is 154 Å². The highest BCUT2D eigenvalue weighted by molar-refractivity contribution is 7.89. The number of hydrogen-bond acceptors (Lipinski definition) is 6. The van der Waals surface area contributed by atoms with Gasteiger partial charge >= 0.3 is 5.97 Å². The van der Waals surface area contributed by atoms with Gasteiger partial charge in [0.1, 0.15) is 5.69 Å². The zero-order chi connectivity index (χ0) is 19.6. The first-order valence-corrected chi connectivity index (χ1v) is 9.41. The first-order valence-electron chi connectivity index (χ1n) is 7.97. The molecular formula is C16H16N4O6S. The molecule has 0 unspecified atom stereocenters. The maximum absolute atomic E-state index is 12.7. The van der Waals surface area contributed by atoms with E-state index in [1.165, 1.54) is 45.6 Å². The van der Waals surface area contributed by atoms with Crippen molar-refractivity contribution in [1.29, 1.82) is 0 Å². The fourth-order valence-electron chi connectivity index (χ4n) is 2.68. The second-order valence-corrected chi connectivity index (χ2v) is 7.77. The van der Waals surface area contributed by atoms with E-state index in [4.69, 9.17) is 5.11 Å². The van der Waals surface area contributed by atoms with Crippen molar-refractivity contribution in [3.63, 3.8) is 0 Å². The highest BCUT2D eigenvalue weighted by atomic mass is 32.2. The van der Waals surface area contributed by atoms with Crippen molar-refractivity contribution in [1.82, 2.24) is 19.4 Å². The van der Waals surface area contributed by atoms with Crippen molar-refractivity contribution in [2.24, 2.45) is 0 Å². The van der Waals surface area contributed by atoms with Crippen molar-refractivity contribution in [3.05, 3.63) is 58.0 Å². The van der Waals surface area contributed by atoms with Gasteiger partial charge in [-0.25, -0.2) is 18.3 Å². The van der Waals surface area contributed by atoms with Gasteiger partial charge in [0.25, 0.3) is 11.5 Å². The van der Waals surface area contributed by atoms with Gasteiger partial charge in [0.15, 0.2) is 0 Å².